The van der Waals surface area contributed by atoms with E-state index in [-0.39, 0.29) is 30.4 Å². The van der Waals surface area contributed by atoms with Crippen molar-refractivity contribution >= 4 is 18.3 Å². The number of carbonyl (C=O) groups excluding carboxylic acids is 1. The van der Waals surface area contributed by atoms with Gasteiger partial charge in [-0.25, -0.2) is 0 Å². The Labute approximate surface area is 91.4 Å². The van der Waals surface area contributed by atoms with Crippen LogP contribution in [0.25, 0.3) is 0 Å². The maximum Gasteiger partial charge on any atom is 0.242 e. The Morgan fingerprint density at radius 2 is 2.00 bits per heavy atom. The fourth-order valence-corrected chi connectivity index (χ4v) is 1.62. The zero-order valence-electron chi connectivity index (χ0n) is 8.99. The lowest BCUT2D eigenvalue weighted by atomic mass is 10.0. The molecule has 0 saturated carbocycles. The topological polar surface area (TPSA) is 72.3 Å². The molecule has 14 heavy (non-hydrogen) atoms. The van der Waals surface area contributed by atoms with Gasteiger partial charge in [-0.3, -0.25) is 4.79 Å². The molecule has 1 aliphatic rings. The summed E-state index contributed by atoms with van der Waals surface area (Å²) < 4.78 is 0. The summed E-state index contributed by atoms with van der Waals surface area (Å²) in [5.41, 5.74) is 10.8. The molecule has 1 aliphatic heterocycles. The standard InChI is InChI=1S/C9H19N3O.ClH/c1-6-7(10)4-5-12(6)8(13)9(2,3)11;/h6-7H,4-5,10-11H2,1-3H3;1H. The van der Waals surface area contributed by atoms with E-state index in [9.17, 15) is 4.79 Å². The highest BCUT2D eigenvalue weighted by atomic mass is 35.5. The summed E-state index contributed by atoms with van der Waals surface area (Å²) in [6.45, 7) is 6.17. The zero-order valence-corrected chi connectivity index (χ0v) is 9.80. The Hall–Kier alpha value is -0.320. The number of hydrogen-bond acceptors (Lipinski definition) is 3. The Bertz CT molecular complexity index is 215. The number of carbonyl (C=O) groups is 1. The second-order valence-corrected chi connectivity index (χ2v) is 4.41. The minimum atomic E-state index is -0.779. The first-order chi connectivity index (χ1) is 5.84. The van der Waals surface area contributed by atoms with Gasteiger partial charge in [-0.05, 0) is 27.2 Å². The molecule has 1 rings (SSSR count). The van der Waals surface area contributed by atoms with Gasteiger partial charge in [0.1, 0.15) is 0 Å². The van der Waals surface area contributed by atoms with Crippen molar-refractivity contribution in [3.05, 3.63) is 0 Å². The predicted molar refractivity (Wildman–Crippen MR) is 59.3 cm³/mol. The van der Waals surface area contributed by atoms with Crippen molar-refractivity contribution < 1.29 is 4.79 Å². The number of likely N-dealkylation sites (tertiary alicyclic amines) is 1. The molecule has 5 heteroatoms. The first kappa shape index (κ1) is 13.7. The third-order valence-corrected chi connectivity index (χ3v) is 2.63. The van der Waals surface area contributed by atoms with Crippen LogP contribution in [0.4, 0.5) is 0 Å². The van der Waals surface area contributed by atoms with E-state index in [1.54, 1.807) is 18.7 Å². The molecule has 0 aromatic heterocycles. The minimum absolute atomic E-state index is 0. The van der Waals surface area contributed by atoms with Crippen molar-refractivity contribution in [2.75, 3.05) is 6.54 Å². The van der Waals surface area contributed by atoms with E-state index in [0.29, 0.717) is 0 Å². The molecule has 1 heterocycles. The smallest absolute Gasteiger partial charge is 0.242 e. The number of rotatable bonds is 1. The highest BCUT2D eigenvalue weighted by Crippen LogP contribution is 2.18. The van der Waals surface area contributed by atoms with Crippen molar-refractivity contribution in [1.82, 2.24) is 4.90 Å². The SMILES string of the molecule is CC1C(N)CCN1C(=O)C(C)(C)N.Cl. The van der Waals surface area contributed by atoms with Gasteiger partial charge in [0.2, 0.25) is 5.91 Å². The van der Waals surface area contributed by atoms with Crippen molar-refractivity contribution in [1.29, 1.82) is 0 Å². The maximum atomic E-state index is 11.8. The molecule has 0 spiro atoms. The second kappa shape index (κ2) is 4.47. The molecular formula is C9H20ClN3O. The van der Waals surface area contributed by atoms with Crippen LogP contribution in [0, 0.1) is 0 Å². The van der Waals surface area contributed by atoms with E-state index in [0.717, 1.165) is 13.0 Å². The van der Waals surface area contributed by atoms with Gasteiger partial charge in [-0.15, -0.1) is 12.4 Å². The number of nitrogens with two attached hydrogens (primary N) is 2. The average Bonchev–Trinajstić information content (AvgIpc) is 2.30. The molecule has 0 aromatic rings. The molecule has 1 fully saturated rings. The van der Waals surface area contributed by atoms with Crippen LogP contribution in [-0.4, -0.2) is 35.0 Å². The molecule has 0 bridgehead atoms. The highest BCUT2D eigenvalue weighted by molar-refractivity contribution is 5.86. The summed E-state index contributed by atoms with van der Waals surface area (Å²) >= 11 is 0. The van der Waals surface area contributed by atoms with E-state index >= 15 is 0 Å². The van der Waals surface area contributed by atoms with Gasteiger partial charge < -0.3 is 16.4 Å². The first-order valence-electron chi connectivity index (χ1n) is 4.69. The van der Waals surface area contributed by atoms with Crippen LogP contribution in [0.3, 0.4) is 0 Å². The van der Waals surface area contributed by atoms with Gasteiger partial charge >= 0.3 is 0 Å². The molecule has 1 saturated heterocycles. The highest BCUT2D eigenvalue weighted by Gasteiger charge is 2.36. The lowest BCUT2D eigenvalue weighted by Gasteiger charge is -2.29. The van der Waals surface area contributed by atoms with E-state index < -0.39 is 5.54 Å². The average molecular weight is 222 g/mol. The summed E-state index contributed by atoms with van der Waals surface area (Å²) in [6.07, 6.45) is 0.878. The van der Waals surface area contributed by atoms with Crippen molar-refractivity contribution in [3.63, 3.8) is 0 Å². The Kier molecular flexibility index (Phi) is 4.36. The van der Waals surface area contributed by atoms with Crippen LogP contribution in [0.5, 0.6) is 0 Å². The molecular weight excluding hydrogens is 202 g/mol. The largest absolute Gasteiger partial charge is 0.337 e. The van der Waals surface area contributed by atoms with Gasteiger partial charge in [0.05, 0.1) is 5.54 Å². The van der Waals surface area contributed by atoms with Crippen molar-refractivity contribution in [2.24, 2.45) is 11.5 Å². The van der Waals surface area contributed by atoms with E-state index in [2.05, 4.69) is 0 Å². The van der Waals surface area contributed by atoms with Gasteiger partial charge in [0.15, 0.2) is 0 Å². The van der Waals surface area contributed by atoms with Crippen LogP contribution in [0.1, 0.15) is 27.2 Å². The fraction of sp³-hybridized carbons (Fsp3) is 0.889. The van der Waals surface area contributed by atoms with Crippen molar-refractivity contribution in [2.45, 2.75) is 44.8 Å². The normalized spacial score (nSPS) is 27.4. The molecule has 0 radical (unpaired) electrons. The van der Waals surface area contributed by atoms with Gasteiger partial charge in [-0.1, -0.05) is 0 Å². The van der Waals surface area contributed by atoms with Gasteiger partial charge in [0.25, 0.3) is 0 Å². The third kappa shape index (κ3) is 2.59. The number of amides is 1. The number of hydrogen-bond donors (Lipinski definition) is 2. The third-order valence-electron chi connectivity index (χ3n) is 2.63. The van der Waals surface area contributed by atoms with Crippen LogP contribution >= 0.6 is 12.4 Å². The summed E-state index contributed by atoms with van der Waals surface area (Å²) in [6, 6.07) is 0.224. The Morgan fingerprint density at radius 3 is 2.29 bits per heavy atom. The monoisotopic (exact) mass is 221 g/mol. The zero-order chi connectivity index (χ0) is 10.2. The van der Waals surface area contributed by atoms with Crippen LogP contribution in [0.15, 0.2) is 0 Å². The summed E-state index contributed by atoms with van der Waals surface area (Å²) in [7, 11) is 0. The second-order valence-electron chi connectivity index (χ2n) is 4.41. The van der Waals surface area contributed by atoms with Crippen LogP contribution < -0.4 is 11.5 Å². The van der Waals surface area contributed by atoms with Gasteiger partial charge in [-0.2, -0.15) is 0 Å². The molecule has 4 N–H and O–H groups in total. The van der Waals surface area contributed by atoms with E-state index in [4.69, 9.17) is 11.5 Å². The quantitative estimate of drug-likeness (QED) is 0.660. The first-order valence-corrected chi connectivity index (χ1v) is 4.69. The maximum absolute atomic E-state index is 11.8. The molecule has 84 valence electrons. The summed E-state index contributed by atoms with van der Waals surface area (Å²) in [5.74, 6) is -0.00653. The lowest BCUT2D eigenvalue weighted by Crippen LogP contribution is -2.53. The Balaban J connectivity index is 0.00000169. The molecule has 2 atom stereocenters. The molecule has 1 amide bonds. The molecule has 0 aliphatic carbocycles. The fourth-order valence-electron chi connectivity index (χ4n) is 1.62. The van der Waals surface area contributed by atoms with Gasteiger partial charge in [0, 0.05) is 18.6 Å². The number of halogens is 1. The minimum Gasteiger partial charge on any atom is -0.337 e. The molecule has 2 unspecified atom stereocenters. The predicted octanol–water partition coefficient (Wildman–Crippen LogP) is 0.0936. The molecule has 0 aromatic carbocycles. The number of nitrogens with zero attached hydrogens (tertiary/aromatic N) is 1. The van der Waals surface area contributed by atoms with Crippen LogP contribution in [0.2, 0.25) is 0 Å². The summed E-state index contributed by atoms with van der Waals surface area (Å²) in [4.78, 5) is 13.6. The Morgan fingerprint density at radius 1 is 1.50 bits per heavy atom. The lowest BCUT2D eigenvalue weighted by molar-refractivity contribution is -0.136. The molecule has 4 nitrogen and oxygen atoms in total. The van der Waals surface area contributed by atoms with E-state index in [1.807, 2.05) is 6.92 Å². The van der Waals surface area contributed by atoms with Crippen LogP contribution in [-0.2, 0) is 4.79 Å². The van der Waals surface area contributed by atoms with Crippen molar-refractivity contribution in [3.8, 4) is 0 Å². The summed E-state index contributed by atoms with van der Waals surface area (Å²) in [5, 5.41) is 0. The van der Waals surface area contributed by atoms with E-state index in [1.165, 1.54) is 0 Å².